The molecule has 26 heavy (non-hydrogen) atoms. The lowest BCUT2D eigenvalue weighted by atomic mass is 10.0. The van der Waals surface area contributed by atoms with Crippen molar-refractivity contribution in [1.82, 2.24) is 8.96 Å². The smallest absolute Gasteiger partial charge is 0.242 e. The summed E-state index contributed by atoms with van der Waals surface area (Å²) in [5.41, 5.74) is 0.574. The molecule has 138 valence electrons. The van der Waals surface area contributed by atoms with E-state index in [1.54, 1.807) is 19.9 Å². The Bertz CT molecular complexity index is 1110. The third kappa shape index (κ3) is 2.99. The molecule has 2 heterocycles. The summed E-state index contributed by atoms with van der Waals surface area (Å²) in [6, 6.07) is 3.46. The summed E-state index contributed by atoms with van der Waals surface area (Å²) >= 11 is 3.29. The molecule has 2 aromatic heterocycles. The molecule has 0 aliphatic carbocycles. The largest absolute Gasteiger partial charge is 0.493 e. The van der Waals surface area contributed by atoms with Crippen LogP contribution in [-0.4, -0.2) is 29.7 Å². The van der Waals surface area contributed by atoms with Crippen LogP contribution in [0.2, 0.25) is 0 Å². The van der Waals surface area contributed by atoms with Gasteiger partial charge in [-0.1, -0.05) is 0 Å². The summed E-state index contributed by atoms with van der Waals surface area (Å²) in [6.45, 7) is 3.09. The number of pyridine rings is 1. The molecule has 0 fully saturated rings. The summed E-state index contributed by atoms with van der Waals surface area (Å²) in [4.78, 5) is 4.18. The number of hydrogen-bond donors (Lipinski definition) is 0. The van der Waals surface area contributed by atoms with Crippen molar-refractivity contribution in [2.24, 2.45) is 0 Å². The molecule has 0 saturated carbocycles. The van der Waals surface area contributed by atoms with Crippen LogP contribution < -0.4 is 4.74 Å². The Hall–Kier alpha value is -2.00. The van der Waals surface area contributed by atoms with Crippen LogP contribution in [0.25, 0.3) is 22.2 Å². The van der Waals surface area contributed by atoms with E-state index in [9.17, 15) is 17.2 Å². The normalized spacial score (nSPS) is 12.1. The molecule has 3 rings (SSSR count). The van der Waals surface area contributed by atoms with E-state index in [0.29, 0.717) is 21.5 Å². The molecule has 0 saturated heterocycles. The first-order valence-corrected chi connectivity index (χ1v) is 9.90. The van der Waals surface area contributed by atoms with Gasteiger partial charge >= 0.3 is 0 Å². The molecule has 0 aliphatic rings. The summed E-state index contributed by atoms with van der Waals surface area (Å²) < 4.78 is 60.1. The molecular weight excluding hydrogens is 430 g/mol. The lowest BCUT2D eigenvalue weighted by molar-refractivity contribution is 0.386. The molecule has 9 heteroatoms. The van der Waals surface area contributed by atoms with Crippen molar-refractivity contribution in [2.45, 2.75) is 19.1 Å². The van der Waals surface area contributed by atoms with E-state index < -0.39 is 26.9 Å². The van der Waals surface area contributed by atoms with Gasteiger partial charge in [0.1, 0.15) is 5.82 Å². The van der Waals surface area contributed by atoms with Crippen molar-refractivity contribution < 1.29 is 21.9 Å². The fraction of sp³-hybridized carbons (Fsp3) is 0.235. The second-order valence-corrected chi connectivity index (χ2v) is 9.21. The fourth-order valence-corrected chi connectivity index (χ4v) is 4.08. The van der Waals surface area contributed by atoms with Gasteiger partial charge < -0.3 is 4.74 Å². The predicted octanol–water partition coefficient (Wildman–Crippen LogP) is 4.34. The van der Waals surface area contributed by atoms with E-state index in [1.807, 2.05) is 0 Å². The monoisotopic (exact) mass is 444 g/mol. The standard InChI is InChI=1S/C17H15BrF2N2O3S/c1-9(2)26(23,24)22-8-14(13-4-10(18)7-21-17(13)22)12-5-11(19)6-15(20)16(12)25-3/h4-9H,1-3H3. The number of rotatable bonds is 4. The van der Waals surface area contributed by atoms with Crippen LogP contribution in [0, 0.1) is 11.6 Å². The highest BCUT2D eigenvalue weighted by Crippen LogP contribution is 2.39. The number of benzene rings is 1. The first-order chi connectivity index (χ1) is 12.2. The van der Waals surface area contributed by atoms with Crippen molar-refractivity contribution in [3.8, 4) is 16.9 Å². The van der Waals surface area contributed by atoms with E-state index >= 15 is 0 Å². The van der Waals surface area contributed by atoms with Gasteiger partial charge in [-0.3, -0.25) is 0 Å². The van der Waals surface area contributed by atoms with Crippen LogP contribution >= 0.6 is 15.9 Å². The van der Waals surface area contributed by atoms with Gasteiger partial charge in [0.2, 0.25) is 10.0 Å². The van der Waals surface area contributed by atoms with Crippen molar-refractivity contribution in [3.63, 3.8) is 0 Å². The number of methoxy groups -OCH3 is 1. The van der Waals surface area contributed by atoms with Crippen molar-refractivity contribution in [1.29, 1.82) is 0 Å². The molecule has 0 radical (unpaired) electrons. The maximum absolute atomic E-state index is 14.1. The highest BCUT2D eigenvalue weighted by molar-refractivity contribution is 9.10. The van der Waals surface area contributed by atoms with Crippen LogP contribution in [0.4, 0.5) is 8.78 Å². The van der Waals surface area contributed by atoms with Crippen LogP contribution in [0.1, 0.15) is 13.8 Å². The Labute approximate surface area is 157 Å². The third-order valence-electron chi connectivity index (χ3n) is 3.95. The van der Waals surface area contributed by atoms with Gasteiger partial charge in [-0.15, -0.1) is 0 Å². The minimum absolute atomic E-state index is 0.104. The lowest BCUT2D eigenvalue weighted by Crippen LogP contribution is -2.21. The number of ether oxygens (including phenoxy) is 1. The Morgan fingerprint density at radius 1 is 1.19 bits per heavy atom. The molecule has 0 N–H and O–H groups in total. The molecule has 1 aromatic carbocycles. The highest BCUT2D eigenvalue weighted by Gasteiger charge is 2.26. The zero-order valence-electron chi connectivity index (χ0n) is 14.1. The van der Waals surface area contributed by atoms with Crippen LogP contribution in [-0.2, 0) is 10.0 Å². The molecular formula is C17H15BrF2N2O3S. The molecule has 0 bridgehead atoms. The summed E-state index contributed by atoms with van der Waals surface area (Å²) in [6.07, 6.45) is 2.78. The zero-order valence-corrected chi connectivity index (χ0v) is 16.5. The molecule has 3 aromatic rings. The molecule has 0 unspecified atom stereocenters. The van der Waals surface area contributed by atoms with Gasteiger partial charge in [0, 0.05) is 39.4 Å². The van der Waals surface area contributed by atoms with Crippen molar-refractivity contribution >= 4 is 37.0 Å². The van der Waals surface area contributed by atoms with Crippen LogP contribution in [0.5, 0.6) is 5.75 Å². The second kappa shape index (κ2) is 6.62. The van der Waals surface area contributed by atoms with Crippen LogP contribution in [0.3, 0.4) is 0 Å². The summed E-state index contributed by atoms with van der Waals surface area (Å²) in [5.74, 6) is -1.85. The SMILES string of the molecule is COc1c(F)cc(F)cc1-c1cn(S(=O)(=O)C(C)C)c2ncc(Br)cc12. The summed E-state index contributed by atoms with van der Waals surface area (Å²) in [7, 11) is -2.47. The molecule has 0 aliphatic heterocycles. The Kier molecular flexibility index (Phi) is 4.78. The first kappa shape index (κ1) is 18.8. The second-order valence-electron chi connectivity index (χ2n) is 5.93. The first-order valence-electron chi connectivity index (χ1n) is 7.61. The minimum atomic E-state index is -3.73. The average molecular weight is 445 g/mol. The topological polar surface area (TPSA) is 61.2 Å². The van der Waals surface area contributed by atoms with Gasteiger partial charge in [0.15, 0.2) is 17.2 Å². The van der Waals surface area contributed by atoms with Gasteiger partial charge in [-0.05, 0) is 41.9 Å². The average Bonchev–Trinajstić information content (AvgIpc) is 2.93. The van der Waals surface area contributed by atoms with E-state index in [4.69, 9.17) is 4.74 Å². The molecule has 0 spiro atoms. The Balaban J connectivity index is 2.45. The number of aromatic nitrogens is 2. The van der Waals surface area contributed by atoms with Gasteiger partial charge in [0.05, 0.1) is 12.4 Å². The van der Waals surface area contributed by atoms with E-state index in [0.717, 1.165) is 10.0 Å². The molecule has 5 nitrogen and oxygen atoms in total. The third-order valence-corrected chi connectivity index (χ3v) is 6.40. The maximum atomic E-state index is 14.1. The highest BCUT2D eigenvalue weighted by atomic mass is 79.9. The minimum Gasteiger partial charge on any atom is -0.493 e. The van der Waals surface area contributed by atoms with Gasteiger partial charge in [-0.25, -0.2) is 26.2 Å². The lowest BCUT2D eigenvalue weighted by Gasteiger charge is -2.10. The zero-order chi connectivity index (χ0) is 19.2. The summed E-state index contributed by atoms with van der Waals surface area (Å²) in [5, 5.41) is -0.283. The van der Waals surface area contributed by atoms with Crippen LogP contribution in [0.15, 0.2) is 35.1 Å². The number of nitrogens with zero attached hydrogens (tertiary/aromatic N) is 2. The van der Waals surface area contributed by atoms with Crippen molar-refractivity contribution in [3.05, 3.63) is 46.7 Å². The Morgan fingerprint density at radius 3 is 2.50 bits per heavy atom. The van der Waals surface area contributed by atoms with E-state index in [1.165, 1.54) is 19.5 Å². The van der Waals surface area contributed by atoms with Gasteiger partial charge in [-0.2, -0.15) is 0 Å². The number of fused-ring (bicyclic) bond motifs is 1. The number of hydrogen-bond acceptors (Lipinski definition) is 4. The Morgan fingerprint density at radius 2 is 1.88 bits per heavy atom. The maximum Gasteiger partial charge on any atom is 0.242 e. The fourth-order valence-electron chi connectivity index (χ4n) is 2.66. The molecule has 0 amide bonds. The van der Waals surface area contributed by atoms with E-state index in [2.05, 4.69) is 20.9 Å². The van der Waals surface area contributed by atoms with Crippen molar-refractivity contribution in [2.75, 3.05) is 7.11 Å². The quantitative estimate of drug-likeness (QED) is 0.600. The van der Waals surface area contributed by atoms with E-state index in [-0.39, 0.29) is 17.0 Å². The number of halogens is 3. The predicted molar refractivity (Wildman–Crippen MR) is 98.8 cm³/mol. The van der Waals surface area contributed by atoms with Gasteiger partial charge in [0.25, 0.3) is 0 Å². The molecule has 0 atom stereocenters.